The number of nitrogens with zero attached hydrogens (tertiary/aromatic N) is 1. The van der Waals surface area contributed by atoms with Gasteiger partial charge < -0.3 is 5.73 Å². The maximum absolute atomic E-state index is 12.2. The summed E-state index contributed by atoms with van der Waals surface area (Å²) < 4.78 is 27.0. The summed E-state index contributed by atoms with van der Waals surface area (Å²) in [6.07, 6.45) is 0. The van der Waals surface area contributed by atoms with Crippen molar-refractivity contribution in [3.8, 4) is 0 Å². The van der Waals surface area contributed by atoms with Crippen molar-refractivity contribution in [1.29, 1.82) is 0 Å². The maximum Gasteiger partial charge on any atom is 0.266 e. The van der Waals surface area contributed by atoms with Gasteiger partial charge in [-0.05, 0) is 28.1 Å². The first-order chi connectivity index (χ1) is 9.31. The molecule has 0 atom stereocenters. The zero-order chi connectivity index (χ0) is 14.9. The predicted octanol–water partition coefficient (Wildman–Crippen LogP) is 1.73. The number of H-pyrrole nitrogens is 1. The molecule has 1 aromatic heterocycles. The molecular weight excluding hydrogens is 372 g/mol. The number of aromatic nitrogens is 2. The monoisotopic (exact) mass is 378 g/mol. The van der Waals surface area contributed by atoms with Gasteiger partial charge in [0.2, 0.25) is 0 Å². The zero-order valence-electron chi connectivity index (χ0n) is 9.72. The molecule has 2 aromatic rings. The van der Waals surface area contributed by atoms with Gasteiger partial charge in [-0.15, -0.1) is 0 Å². The third kappa shape index (κ3) is 2.94. The molecule has 0 spiro atoms. The molecule has 0 aliphatic heterocycles. The van der Waals surface area contributed by atoms with E-state index in [1.807, 2.05) is 0 Å². The summed E-state index contributed by atoms with van der Waals surface area (Å²) in [6.45, 7) is 0. The van der Waals surface area contributed by atoms with Gasteiger partial charge in [0.15, 0.2) is 5.82 Å². The molecular formula is C10H8BrClN4O3S. The van der Waals surface area contributed by atoms with Gasteiger partial charge in [0.25, 0.3) is 15.9 Å². The van der Waals surface area contributed by atoms with Crippen LogP contribution in [-0.4, -0.2) is 24.5 Å². The Morgan fingerprint density at radius 1 is 1.45 bits per heavy atom. The SMILES string of the molecule is NC(=O)c1cc(NS(=O)(=O)c2c(Cl)cccc2Br)n[nH]1. The lowest BCUT2D eigenvalue weighted by molar-refractivity contribution is 0.0995. The lowest BCUT2D eigenvalue weighted by atomic mass is 10.4. The summed E-state index contributed by atoms with van der Waals surface area (Å²) in [5.74, 6) is -0.813. The van der Waals surface area contributed by atoms with E-state index in [2.05, 4.69) is 30.8 Å². The third-order valence-electron chi connectivity index (χ3n) is 2.27. The van der Waals surface area contributed by atoms with Crippen LogP contribution in [0, 0.1) is 0 Å². The van der Waals surface area contributed by atoms with E-state index in [4.69, 9.17) is 17.3 Å². The highest BCUT2D eigenvalue weighted by atomic mass is 79.9. The zero-order valence-corrected chi connectivity index (χ0v) is 12.9. The smallest absolute Gasteiger partial charge is 0.266 e. The van der Waals surface area contributed by atoms with Crippen molar-refractivity contribution in [1.82, 2.24) is 10.2 Å². The number of hydrogen-bond acceptors (Lipinski definition) is 4. The van der Waals surface area contributed by atoms with Crippen molar-refractivity contribution in [2.45, 2.75) is 4.90 Å². The van der Waals surface area contributed by atoms with Crippen molar-refractivity contribution < 1.29 is 13.2 Å². The molecule has 0 aliphatic carbocycles. The van der Waals surface area contributed by atoms with Crippen LogP contribution in [-0.2, 0) is 10.0 Å². The Bertz CT molecular complexity index is 754. The molecule has 2 rings (SSSR count). The Balaban J connectivity index is 2.38. The van der Waals surface area contributed by atoms with E-state index in [0.29, 0.717) is 4.47 Å². The molecule has 1 heterocycles. The highest BCUT2D eigenvalue weighted by Gasteiger charge is 2.22. The third-order valence-corrected chi connectivity index (χ3v) is 5.08. The topological polar surface area (TPSA) is 118 Å². The molecule has 0 unspecified atom stereocenters. The molecule has 1 amide bonds. The number of rotatable bonds is 4. The van der Waals surface area contributed by atoms with Crippen LogP contribution in [0.1, 0.15) is 10.5 Å². The molecule has 4 N–H and O–H groups in total. The van der Waals surface area contributed by atoms with Gasteiger partial charge in [-0.1, -0.05) is 17.7 Å². The number of amides is 1. The average molecular weight is 380 g/mol. The normalized spacial score (nSPS) is 11.3. The molecule has 0 radical (unpaired) electrons. The first kappa shape index (κ1) is 14.8. The summed E-state index contributed by atoms with van der Waals surface area (Å²) >= 11 is 9.00. The summed E-state index contributed by atoms with van der Waals surface area (Å²) in [5.41, 5.74) is 5.02. The van der Waals surface area contributed by atoms with Crippen molar-refractivity contribution in [3.63, 3.8) is 0 Å². The fraction of sp³-hybridized carbons (Fsp3) is 0. The number of sulfonamides is 1. The summed E-state index contributed by atoms with van der Waals surface area (Å²) in [5, 5.41) is 6.00. The van der Waals surface area contributed by atoms with Gasteiger partial charge in [0.1, 0.15) is 10.6 Å². The fourth-order valence-electron chi connectivity index (χ4n) is 1.43. The van der Waals surface area contributed by atoms with Crippen molar-refractivity contribution in [2.24, 2.45) is 5.73 Å². The Morgan fingerprint density at radius 3 is 2.70 bits per heavy atom. The second-order valence-electron chi connectivity index (χ2n) is 3.69. The first-order valence-electron chi connectivity index (χ1n) is 5.13. The van der Waals surface area contributed by atoms with E-state index in [0.717, 1.165) is 0 Å². The molecule has 10 heteroatoms. The van der Waals surface area contributed by atoms with Gasteiger partial charge in [0.05, 0.1) is 5.02 Å². The Kier molecular flexibility index (Phi) is 4.02. The van der Waals surface area contributed by atoms with Crippen molar-refractivity contribution in [2.75, 3.05) is 4.72 Å². The largest absolute Gasteiger partial charge is 0.364 e. The molecule has 0 aliphatic rings. The van der Waals surface area contributed by atoms with Gasteiger partial charge in [-0.3, -0.25) is 14.6 Å². The van der Waals surface area contributed by atoms with Crippen molar-refractivity contribution >= 4 is 49.3 Å². The van der Waals surface area contributed by atoms with E-state index in [1.54, 1.807) is 12.1 Å². The van der Waals surface area contributed by atoms with E-state index in [9.17, 15) is 13.2 Å². The van der Waals surface area contributed by atoms with Gasteiger partial charge in [-0.25, -0.2) is 8.42 Å². The molecule has 7 nitrogen and oxygen atoms in total. The number of hydrogen-bond donors (Lipinski definition) is 3. The number of primary amides is 1. The van der Waals surface area contributed by atoms with Crippen LogP contribution < -0.4 is 10.5 Å². The van der Waals surface area contributed by atoms with Gasteiger partial charge in [-0.2, -0.15) is 5.10 Å². The Hall–Kier alpha value is -1.58. The number of halogens is 2. The van der Waals surface area contributed by atoms with Crippen LogP contribution >= 0.6 is 27.5 Å². The number of anilines is 1. The van der Waals surface area contributed by atoms with E-state index < -0.39 is 15.9 Å². The minimum atomic E-state index is -3.95. The average Bonchev–Trinajstić information content (AvgIpc) is 2.76. The summed E-state index contributed by atoms with van der Waals surface area (Å²) in [7, 11) is -3.95. The fourth-order valence-corrected chi connectivity index (χ4v) is 4.16. The summed E-state index contributed by atoms with van der Waals surface area (Å²) in [4.78, 5) is 10.8. The number of aromatic amines is 1. The standard InChI is InChI=1S/C10H8BrClN4O3S/c11-5-2-1-3-6(12)9(5)20(18,19)16-8-4-7(10(13)17)14-15-8/h1-4H,(H2,13,17)(H2,14,15,16). The number of carbonyl (C=O) groups is 1. The maximum atomic E-state index is 12.2. The minimum Gasteiger partial charge on any atom is -0.364 e. The first-order valence-corrected chi connectivity index (χ1v) is 7.79. The van der Waals surface area contributed by atoms with E-state index >= 15 is 0 Å². The van der Waals surface area contributed by atoms with Crippen LogP contribution in [0.3, 0.4) is 0 Å². The highest BCUT2D eigenvalue weighted by Crippen LogP contribution is 2.30. The highest BCUT2D eigenvalue weighted by molar-refractivity contribution is 9.10. The number of benzene rings is 1. The van der Waals surface area contributed by atoms with Crippen LogP contribution in [0.25, 0.3) is 0 Å². The number of nitrogens with one attached hydrogen (secondary N) is 2. The van der Waals surface area contributed by atoms with E-state index in [-0.39, 0.29) is 21.4 Å². The molecule has 0 saturated heterocycles. The molecule has 0 fully saturated rings. The van der Waals surface area contributed by atoms with Crippen LogP contribution in [0.4, 0.5) is 5.82 Å². The van der Waals surface area contributed by atoms with Crippen LogP contribution in [0.5, 0.6) is 0 Å². The summed E-state index contributed by atoms with van der Waals surface area (Å²) in [6, 6.07) is 5.77. The van der Waals surface area contributed by atoms with Crippen LogP contribution in [0.2, 0.25) is 5.02 Å². The molecule has 0 bridgehead atoms. The lowest BCUT2D eigenvalue weighted by Crippen LogP contribution is -2.14. The quantitative estimate of drug-likeness (QED) is 0.749. The second kappa shape index (κ2) is 5.43. The van der Waals surface area contributed by atoms with Gasteiger partial charge >= 0.3 is 0 Å². The number of carbonyl (C=O) groups excluding carboxylic acids is 1. The molecule has 0 saturated carbocycles. The molecule has 1 aromatic carbocycles. The Labute approximate surface area is 127 Å². The number of nitrogens with two attached hydrogens (primary N) is 1. The predicted molar refractivity (Wildman–Crippen MR) is 77.1 cm³/mol. The minimum absolute atomic E-state index is 0.0130. The molecule has 20 heavy (non-hydrogen) atoms. The van der Waals surface area contributed by atoms with Gasteiger partial charge in [0, 0.05) is 10.5 Å². The Morgan fingerprint density at radius 2 is 2.15 bits per heavy atom. The molecule has 106 valence electrons. The van der Waals surface area contributed by atoms with Crippen LogP contribution in [0.15, 0.2) is 33.6 Å². The lowest BCUT2D eigenvalue weighted by Gasteiger charge is -2.08. The van der Waals surface area contributed by atoms with Crippen molar-refractivity contribution in [3.05, 3.63) is 39.5 Å². The van der Waals surface area contributed by atoms with E-state index in [1.165, 1.54) is 12.1 Å². The second-order valence-corrected chi connectivity index (χ2v) is 6.57.